The third kappa shape index (κ3) is 9.42. The lowest BCUT2D eigenvalue weighted by Gasteiger charge is -2.34. The van der Waals surface area contributed by atoms with Crippen molar-refractivity contribution in [1.29, 1.82) is 0 Å². The zero-order chi connectivity index (χ0) is 34.1. The molecule has 2 amide bonds. The SMILES string of the molecule is CCCCNC(=O)[C@H](Cc1ccccc1)N(Cc1ccc(Cl)cc1Cl)C(=O)CN(c1cccc(Cl)c1Cl)S(=O)(=O)c1ccc(C)cc1. The second-order valence-electron chi connectivity index (χ2n) is 11.0. The van der Waals surface area contributed by atoms with E-state index in [1.54, 1.807) is 36.4 Å². The van der Waals surface area contributed by atoms with Crippen LogP contribution in [0.3, 0.4) is 0 Å². The molecule has 0 fully saturated rings. The van der Waals surface area contributed by atoms with Gasteiger partial charge in [-0.05, 0) is 60.9 Å². The number of nitrogens with one attached hydrogen (secondary N) is 1. The van der Waals surface area contributed by atoms with Crippen molar-refractivity contribution in [3.63, 3.8) is 0 Å². The van der Waals surface area contributed by atoms with E-state index in [1.807, 2.05) is 44.2 Å². The fraction of sp³-hybridized carbons (Fsp3) is 0.257. The van der Waals surface area contributed by atoms with Crippen LogP contribution >= 0.6 is 46.4 Å². The zero-order valence-electron chi connectivity index (χ0n) is 25.9. The molecule has 1 N–H and O–H groups in total. The Morgan fingerprint density at radius 1 is 0.851 bits per heavy atom. The second kappa shape index (κ2) is 16.7. The van der Waals surface area contributed by atoms with E-state index < -0.39 is 28.5 Å². The first kappa shape index (κ1) is 36.6. The number of amides is 2. The summed E-state index contributed by atoms with van der Waals surface area (Å²) in [6.45, 7) is 3.47. The van der Waals surface area contributed by atoms with Crippen molar-refractivity contribution in [3.05, 3.63) is 128 Å². The number of rotatable bonds is 14. The van der Waals surface area contributed by atoms with Gasteiger partial charge in [-0.2, -0.15) is 0 Å². The van der Waals surface area contributed by atoms with Crippen LogP contribution in [0, 0.1) is 6.92 Å². The van der Waals surface area contributed by atoms with E-state index in [0.717, 1.165) is 28.3 Å². The summed E-state index contributed by atoms with van der Waals surface area (Å²) in [5.74, 6) is -1.04. The third-order valence-electron chi connectivity index (χ3n) is 7.54. The van der Waals surface area contributed by atoms with Gasteiger partial charge in [0.25, 0.3) is 10.0 Å². The van der Waals surface area contributed by atoms with Gasteiger partial charge in [-0.1, -0.05) is 120 Å². The Morgan fingerprint density at radius 2 is 1.55 bits per heavy atom. The maximum Gasteiger partial charge on any atom is 0.264 e. The number of benzene rings is 4. The Hall–Kier alpha value is -3.27. The number of hydrogen-bond acceptors (Lipinski definition) is 4. The minimum Gasteiger partial charge on any atom is -0.354 e. The largest absolute Gasteiger partial charge is 0.354 e. The average Bonchev–Trinajstić information content (AvgIpc) is 3.04. The number of aryl methyl sites for hydroxylation is 1. The molecule has 248 valence electrons. The van der Waals surface area contributed by atoms with Gasteiger partial charge in [-0.3, -0.25) is 13.9 Å². The topological polar surface area (TPSA) is 86.8 Å². The van der Waals surface area contributed by atoms with Crippen LogP contribution in [0.15, 0.2) is 95.9 Å². The molecule has 0 unspecified atom stereocenters. The molecule has 0 aliphatic carbocycles. The number of unbranched alkanes of at least 4 members (excludes halogenated alkanes) is 1. The Bertz CT molecular complexity index is 1810. The summed E-state index contributed by atoms with van der Waals surface area (Å²) in [5, 5.41) is 3.73. The molecule has 7 nitrogen and oxygen atoms in total. The van der Waals surface area contributed by atoms with Crippen molar-refractivity contribution in [2.45, 2.75) is 50.6 Å². The average molecular weight is 736 g/mol. The molecule has 4 aromatic carbocycles. The van der Waals surface area contributed by atoms with E-state index in [2.05, 4.69) is 5.32 Å². The molecule has 0 radical (unpaired) electrons. The highest BCUT2D eigenvalue weighted by Crippen LogP contribution is 2.36. The zero-order valence-corrected chi connectivity index (χ0v) is 29.8. The van der Waals surface area contributed by atoms with Gasteiger partial charge >= 0.3 is 0 Å². The molecule has 1 atom stereocenters. The molecule has 12 heteroatoms. The molecule has 0 saturated heterocycles. The number of halogens is 4. The summed E-state index contributed by atoms with van der Waals surface area (Å²) in [6.07, 6.45) is 1.77. The summed E-state index contributed by atoms with van der Waals surface area (Å²) in [5.41, 5.74) is 2.21. The first-order valence-electron chi connectivity index (χ1n) is 15.0. The van der Waals surface area contributed by atoms with Crippen LogP contribution in [0.4, 0.5) is 5.69 Å². The molecule has 0 aliphatic heterocycles. The maximum absolute atomic E-state index is 14.6. The van der Waals surface area contributed by atoms with E-state index in [1.165, 1.54) is 29.2 Å². The van der Waals surface area contributed by atoms with E-state index in [9.17, 15) is 18.0 Å². The fourth-order valence-electron chi connectivity index (χ4n) is 4.93. The number of anilines is 1. The Morgan fingerprint density at radius 3 is 2.21 bits per heavy atom. The van der Waals surface area contributed by atoms with Gasteiger partial charge < -0.3 is 10.2 Å². The molecular weight excluding hydrogens is 700 g/mol. The Balaban J connectivity index is 1.84. The fourth-order valence-corrected chi connectivity index (χ4v) is 7.27. The molecule has 0 saturated carbocycles. The molecule has 0 heterocycles. The normalized spacial score (nSPS) is 12.0. The van der Waals surface area contributed by atoms with Crippen molar-refractivity contribution in [2.75, 3.05) is 17.4 Å². The van der Waals surface area contributed by atoms with Gasteiger partial charge in [0.2, 0.25) is 11.8 Å². The Labute approximate surface area is 296 Å². The van der Waals surface area contributed by atoms with Gasteiger partial charge in [-0.15, -0.1) is 0 Å². The molecule has 47 heavy (non-hydrogen) atoms. The lowest BCUT2D eigenvalue weighted by Crippen LogP contribution is -2.53. The minimum absolute atomic E-state index is 0.0181. The van der Waals surface area contributed by atoms with E-state index in [4.69, 9.17) is 46.4 Å². The highest BCUT2D eigenvalue weighted by molar-refractivity contribution is 7.92. The summed E-state index contributed by atoms with van der Waals surface area (Å²) in [6, 6.07) is 23.9. The molecule has 0 aromatic heterocycles. The number of nitrogens with zero attached hydrogens (tertiary/aromatic N) is 2. The predicted molar refractivity (Wildman–Crippen MR) is 191 cm³/mol. The van der Waals surface area contributed by atoms with Crippen molar-refractivity contribution in [1.82, 2.24) is 10.2 Å². The van der Waals surface area contributed by atoms with Gasteiger partial charge in [0.1, 0.15) is 12.6 Å². The van der Waals surface area contributed by atoms with Crippen molar-refractivity contribution in [2.24, 2.45) is 0 Å². The van der Waals surface area contributed by atoms with Crippen molar-refractivity contribution < 1.29 is 18.0 Å². The van der Waals surface area contributed by atoms with E-state index in [0.29, 0.717) is 22.2 Å². The molecular formula is C35H35Cl4N3O4S. The van der Waals surface area contributed by atoms with Crippen LogP contribution in [0.5, 0.6) is 0 Å². The van der Waals surface area contributed by atoms with Crippen LogP contribution in [0.25, 0.3) is 0 Å². The van der Waals surface area contributed by atoms with Crippen LogP contribution in [-0.4, -0.2) is 44.3 Å². The quantitative estimate of drug-likeness (QED) is 0.132. The minimum atomic E-state index is -4.35. The lowest BCUT2D eigenvalue weighted by molar-refractivity contribution is -0.140. The maximum atomic E-state index is 14.6. The summed E-state index contributed by atoms with van der Waals surface area (Å²) >= 11 is 25.6. The molecule has 0 spiro atoms. The van der Waals surface area contributed by atoms with Gasteiger partial charge in [0, 0.05) is 29.6 Å². The first-order valence-corrected chi connectivity index (χ1v) is 18.0. The molecule has 0 aliphatic rings. The standard InChI is InChI=1S/C35H35Cl4N3O4S/c1-3-4-19-40-35(44)32(20-25-9-6-5-7-10-25)41(22-26-15-16-27(36)21-30(26)38)33(43)23-42(31-12-8-11-29(37)34(31)39)47(45,46)28-17-13-24(2)14-18-28/h5-18,21,32H,3-4,19-20,22-23H2,1-2H3,(H,40,44)/t32-/m0/s1. The highest BCUT2D eigenvalue weighted by atomic mass is 35.5. The van der Waals surface area contributed by atoms with Crippen LogP contribution in [-0.2, 0) is 32.6 Å². The van der Waals surface area contributed by atoms with Gasteiger partial charge in [0.15, 0.2) is 0 Å². The number of sulfonamides is 1. The van der Waals surface area contributed by atoms with Crippen LogP contribution in [0.1, 0.15) is 36.5 Å². The van der Waals surface area contributed by atoms with Gasteiger partial charge in [0.05, 0.1) is 20.6 Å². The number of hydrogen-bond donors (Lipinski definition) is 1. The highest BCUT2D eigenvalue weighted by Gasteiger charge is 2.35. The summed E-state index contributed by atoms with van der Waals surface area (Å²) < 4.78 is 29.4. The van der Waals surface area contributed by atoms with E-state index >= 15 is 0 Å². The number of carbonyl (C=O) groups excluding carboxylic acids is 2. The first-order chi connectivity index (χ1) is 22.4. The summed E-state index contributed by atoms with van der Waals surface area (Å²) in [4.78, 5) is 29.8. The monoisotopic (exact) mass is 733 g/mol. The van der Waals surface area contributed by atoms with E-state index in [-0.39, 0.29) is 39.5 Å². The molecule has 0 bridgehead atoms. The van der Waals surface area contributed by atoms with Crippen molar-refractivity contribution in [3.8, 4) is 0 Å². The summed E-state index contributed by atoms with van der Waals surface area (Å²) in [7, 11) is -4.35. The van der Waals surface area contributed by atoms with Gasteiger partial charge in [-0.25, -0.2) is 8.42 Å². The lowest BCUT2D eigenvalue weighted by atomic mass is 10.0. The van der Waals surface area contributed by atoms with Crippen LogP contribution in [0.2, 0.25) is 20.1 Å². The third-order valence-corrected chi connectivity index (χ3v) is 10.7. The molecule has 4 rings (SSSR count). The Kier molecular flexibility index (Phi) is 13.0. The molecule has 4 aromatic rings. The second-order valence-corrected chi connectivity index (χ2v) is 14.5. The smallest absolute Gasteiger partial charge is 0.264 e. The number of carbonyl (C=O) groups is 2. The van der Waals surface area contributed by atoms with Crippen LogP contribution < -0.4 is 9.62 Å². The predicted octanol–water partition coefficient (Wildman–Crippen LogP) is 8.36. The van der Waals surface area contributed by atoms with Crippen molar-refractivity contribution >= 4 is 73.9 Å².